The molecule has 0 aromatic heterocycles. The van der Waals surface area contributed by atoms with Gasteiger partial charge in [0, 0.05) is 25.7 Å². The van der Waals surface area contributed by atoms with E-state index in [1.165, 1.54) is 30.6 Å². The van der Waals surface area contributed by atoms with Crippen LogP contribution in [-0.4, -0.2) is 24.0 Å². The van der Waals surface area contributed by atoms with Crippen molar-refractivity contribution in [2.75, 3.05) is 13.1 Å². The van der Waals surface area contributed by atoms with Gasteiger partial charge < -0.3 is 5.32 Å². The molecular formula is C18H30N2. The third kappa shape index (κ3) is 4.32. The number of hydrogen-bond acceptors (Lipinski definition) is 2. The maximum atomic E-state index is 3.54. The Kier molecular flexibility index (Phi) is 5.62. The van der Waals surface area contributed by atoms with E-state index < -0.39 is 0 Å². The summed E-state index contributed by atoms with van der Waals surface area (Å²) >= 11 is 0. The van der Waals surface area contributed by atoms with Crippen LogP contribution in [0.1, 0.15) is 45.2 Å². The zero-order valence-electron chi connectivity index (χ0n) is 13.5. The minimum atomic E-state index is 0.541. The first-order valence-electron chi connectivity index (χ1n) is 8.08. The van der Waals surface area contributed by atoms with Gasteiger partial charge in [0.1, 0.15) is 0 Å². The monoisotopic (exact) mass is 274 g/mol. The van der Waals surface area contributed by atoms with Gasteiger partial charge in [0.25, 0.3) is 0 Å². The van der Waals surface area contributed by atoms with Crippen LogP contribution in [0, 0.1) is 11.8 Å². The van der Waals surface area contributed by atoms with Crippen LogP contribution < -0.4 is 5.32 Å². The Bertz CT molecular complexity index is 414. The minimum Gasteiger partial charge on any atom is -0.310 e. The van der Waals surface area contributed by atoms with Crippen LogP contribution in [-0.2, 0) is 13.1 Å². The number of hydrogen-bond donors (Lipinski definition) is 1. The Morgan fingerprint density at radius 1 is 1.15 bits per heavy atom. The third-order valence-electron chi connectivity index (χ3n) is 4.63. The van der Waals surface area contributed by atoms with Crippen LogP contribution in [0.3, 0.4) is 0 Å². The number of nitrogens with one attached hydrogen (secondary N) is 1. The van der Waals surface area contributed by atoms with Gasteiger partial charge >= 0.3 is 0 Å². The van der Waals surface area contributed by atoms with Crippen molar-refractivity contribution in [2.45, 2.75) is 53.2 Å². The number of nitrogens with zero attached hydrogens (tertiary/aromatic N) is 1. The van der Waals surface area contributed by atoms with Crippen molar-refractivity contribution >= 4 is 0 Å². The number of likely N-dealkylation sites (tertiary alicyclic amines) is 1. The van der Waals surface area contributed by atoms with Gasteiger partial charge in [0.15, 0.2) is 0 Å². The van der Waals surface area contributed by atoms with Gasteiger partial charge in [-0.05, 0) is 35.9 Å². The zero-order valence-corrected chi connectivity index (χ0v) is 13.5. The lowest BCUT2D eigenvalue weighted by Crippen LogP contribution is -2.38. The summed E-state index contributed by atoms with van der Waals surface area (Å²) in [6, 6.07) is 9.42. The molecule has 1 heterocycles. The molecule has 0 radical (unpaired) electrons. The minimum absolute atomic E-state index is 0.541. The van der Waals surface area contributed by atoms with Gasteiger partial charge in [-0.3, -0.25) is 4.90 Å². The second-order valence-electron chi connectivity index (χ2n) is 6.78. The summed E-state index contributed by atoms with van der Waals surface area (Å²) < 4.78 is 0. The molecule has 2 heteroatoms. The summed E-state index contributed by atoms with van der Waals surface area (Å²) in [5, 5.41) is 3.54. The smallest absolute Gasteiger partial charge is 0.0237 e. The largest absolute Gasteiger partial charge is 0.310 e. The van der Waals surface area contributed by atoms with Gasteiger partial charge in [0.2, 0.25) is 0 Å². The Hall–Kier alpha value is -0.860. The molecule has 0 bridgehead atoms. The zero-order chi connectivity index (χ0) is 14.5. The van der Waals surface area contributed by atoms with Crippen molar-refractivity contribution in [3.8, 4) is 0 Å². The third-order valence-corrected chi connectivity index (χ3v) is 4.63. The van der Waals surface area contributed by atoms with Gasteiger partial charge in [-0.1, -0.05) is 52.0 Å². The maximum absolute atomic E-state index is 3.54. The van der Waals surface area contributed by atoms with E-state index in [1.54, 1.807) is 0 Å². The molecule has 0 spiro atoms. The Labute approximate surface area is 124 Å². The number of piperidine rings is 1. The molecule has 1 aromatic carbocycles. The standard InChI is InChI=1S/C18H30N2/c1-14(2)19-11-17-7-5-6-8-18(17)13-20-10-9-15(3)16(4)12-20/h5-8,14-16,19H,9-13H2,1-4H3. The van der Waals surface area contributed by atoms with E-state index in [0.29, 0.717) is 6.04 Å². The molecule has 1 aliphatic heterocycles. The van der Waals surface area contributed by atoms with Crippen LogP contribution in [0.5, 0.6) is 0 Å². The highest BCUT2D eigenvalue weighted by molar-refractivity contribution is 5.27. The van der Waals surface area contributed by atoms with E-state index >= 15 is 0 Å². The predicted molar refractivity (Wildman–Crippen MR) is 86.6 cm³/mol. The molecule has 1 aromatic rings. The van der Waals surface area contributed by atoms with E-state index in [1.807, 2.05) is 0 Å². The second-order valence-corrected chi connectivity index (χ2v) is 6.78. The lowest BCUT2D eigenvalue weighted by molar-refractivity contribution is 0.132. The van der Waals surface area contributed by atoms with Crippen molar-refractivity contribution in [3.05, 3.63) is 35.4 Å². The normalized spacial score (nSPS) is 24.2. The molecule has 2 rings (SSSR count). The summed E-state index contributed by atoms with van der Waals surface area (Å²) in [7, 11) is 0. The SMILES string of the molecule is CC(C)NCc1ccccc1CN1CCC(C)C(C)C1. The maximum Gasteiger partial charge on any atom is 0.0237 e. The van der Waals surface area contributed by atoms with Crippen LogP contribution in [0.15, 0.2) is 24.3 Å². The predicted octanol–water partition coefficient (Wildman–Crippen LogP) is 3.66. The molecule has 0 saturated carbocycles. The molecule has 2 nitrogen and oxygen atoms in total. The number of rotatable bonds is 5. The topological polar surface area (TPSA) is 15.3 Å². The molecular weight excluding hydrogens is 244 g/mol. The Morgan fingerprint density at radius 3 is 2.50 bits per heavy atom. The molecule has 112 valence electrons. The molecule has 1 saturated heterocycles. The van der Waals surface area contributed by atoms with Gasteiger partial charge in [-0.25, -0.2) is 0 Å². The molecule has 2 atom stereocenters. The Morgan fingerprint density at radius 2 is 1.85 bits per heavy atom. The second kappa shape index (κ2) is 7.24. The first-order valence-corrected chi connectivity index (χ1v) is 8.08. The summed E-state index contributed by atoms with van der Waals surface area (Å²) in [5.74, 6) is 1.70. The fraction of sp³-hybridized carbons (Fsp3) is 0.667. The molecule has 1 N–H and O–H groups in total. The summed E-state index contributed by atoms with van der Waals surface area (Å²) in [4.78, 5) is 2.62. The fourth-order valence-electron chi connectivity index (χ4n) is 2.93. The lowest BCUT2D eigenvalue weighted by Gasteiger charge is -2.35. The molecule has 0 amide bonds. The number of benzene rings is 1. The van der Waals surface area contributed by atoms with Crippen molar-refractivity contribution in [2.24, 2.45) is 11.8 Å². The van der Waals surface area contributed by atoms with Crippen LogP contribution in [0.4, 0.5) is 0 Å². The van der Waals surface area contributed by atoms with Crippen molar-refractivity contribution < 1.29 is 0 Å². The van der Waals surface area contributed by atoms with Crippen molar-refractivity contribution in [1.29, 1.82) is 0 Å². The highest BCUT2D eigenvalue weighted by atomic mass is 15.1. The lowest BCUT2D eigenvalue weighted by atomic mass is 9.88. The molecule has 20 heavy (non-hydrogen) atoms. The summed E-state index contributed by atoms with van der Waals surface area (Å²) in [6.45, 7) is 13.8. The average molecular weight is 274 g/mol. The molecule has 1 aliphatic rings. The first-order chi connectivity index (χ1) is 9.56. The summed E-state index contributed by atoms with van der Waals surface area (Å²) in [5.41, 5.74) is 2.94. The van der Waals surface area contributed by atoms with Crippen molar-refractivity contribution in [3.63, 3.8) is 0 Å². The van der Waals surface area contributed by atoms with Gasteiger partial charge in [-0.2, -0.15) is 0 Å². The van der Waals surface area contributed by atoms with E-state index in [2.05, 4.69) is 62.2 Å². The summed E-state index contributed by atoms with van der Waals surface area (Å²) in [6.07, 6.45) is 1.34. The Balaban J connectivity index is 1.98. The average Bonchev–Trinajstić information content (AvgIpc) is 2.42. The highest BCUT2D eigenvalue weighted by Gasteiger charge is 2.22. The van der Waals surface area contributed by atoms with E-state index in [0.717, 1.165) is 24.9 Å². The molecule has 0 aliphatic carbocycles. The quantitative estimate of drug-likeness (QED) is 0.881. The van der Waals surface area contributed by atoms with Gasteiger partial charge in [-0.15, -0.1) is 0 Å². The van der Waals surface area contributed by atoms with Crippen molar-refractivity contribution in [1.82, 2.24) is 10.2 Å². The van der Waals surface area contributed by atoms with Crippen LogP contribution >= 0.6 is 0 Å². The van der Waals surface area contributed by atoms with Gasteiger partial charge in [0.05, 0.1) is 0 Å². The van der Waals surface area contributed by atoms with E-state index in [4.69, 9.17) is 0 Å². The fourth-order valence-corrected chi connectivity index (χ4v) is 2.93. The van der Waals surface area contributed by atoms with E-state index in [9.17, 15) is 0 Å². The van der Waals surface area contributed by atoms with Crippen LogP contribution in [0.25, 0.3) is 0 Å². The van der Waals surface area contributed by atoms with E-state index in [-0.39, 0.29) is 0 Å². The first kappa shape index (κ1) is 15.5. The molecule has 1 fully saturated rings. The van der Waals surface area contributed by atoms with Crippen LogP contribution in [0.2, 0.25) is 0 Å². The molecule has 2 unspecified atom stereocenters. The highest BCUT2D eigenvalue weighted by Crippen LogP contribution is 2.24.